The molecule has 0 aliphatic carbocycles. The van der Waals surface area contributed by atoms with E-state index >= 15 is 0 Å². The fourth-order valence-corrected chi connectivity index (χ4v) is 1.10. The van der Waals surface area contributed by atoms with E-state index in [9.17, 15) is 4.79 Å². The third-order valence-corrected chi connectivity index (χ3v) is 2.13. The van der Waals surface area contributed by atoms with Gasteiger partial charge in [-0.1, -0.05) is 0 Å². The molecule has 3 heteroatoms. The highest BCUT2D eigenvalue weighted by atomic mass is 16.2. The highest BCUT2D eigenvalue weighted by Crippen LogP contribution is 2.11. The Morgan fingerprint density at radius 2 is 2.18 bits per heavy atom. The summed E-state index contributed by atoms with van der Waals surface area (Å²) < 4.78 is 0. The predicted molar refractivity (Wildman–Crippen MR) is 44.3 cm³/mol. The molecule has 0 aromatic carbocycles. The first kappa shape index (κ1) is 8.53. The van der Waals surface area contributed by atoms with Crippen LogP contribution >= 0.6 is 0 Å². The lowest BCUT2D eigenvalue weighted by molar-refractivity contribution is -0.129. The number of amides is 1. The van der Waals surface area contributed by atoms with Crippen molar-refractivity contribution >= 4 is 5.91 Å². The molecule has 1 N–H and O–H groups in total. The van der Waals surface area contributed by atoms with Gasteiger partial charge in [-0.15, -0.1) is 0 Å². The van der Waals surface area contributed by atoms with E-state index in [0.717, 1.165) is 25.4 Å². The molecule has 0 aromatic rings. The Kier molecular flexibility index (Phi) is 2.88. The molecule has 1 rings (SSSR count). The largest absolute Gasteiger partial charge is 0.349 e. The molecule has 64 valence electrons. The monoisotopic (exact) mass is 156 g/mol. The lowest BCUT2D eigenvalue weighted by atomic mass is 9.97. The topological polar surface area (TPSA) is 32.3 Å². The molecular weight excluding hydrogens is 140 g/mol. The van der Waals surface area contributed by atoms with Crippen molar-refractivity contribution in [2.45, 2.75) is 12.8 Å². The number of hydrogen-bond donors (Lipinski definition) is 1. The first-order valence-electron chi connectivity index (χ1n) is 4.11. The normalized spacial score (nSPS) is 17.6. The van der Waals surface area contributed by atoms with Gasteiger partial charge < -0.3 is 10.2 Å². The standard InChI is InChI=1S/C8H16N2O/c1-10(2)8(11)4-3-7-5-9-6-7/h7,9H,3-6H2,1-2H3. The van der Waals surface area contributed by atoms with E-state index in [2.05, 4.69) is 5.32 Å². The molecule has 0 aromatic heterocycles. The van der Waals surface area contributed by atoms with Crippen LogP contribution in [-0.4, -0.2) is 38.0 Å². The third-order valence-electron chi connectivity index (χ3n) is 2.13. The van der Waals surface area contributed by atoms with Crippen LogP contribution in [0, 0.1) is 5.92 Å². The van der Waals surface area contributed by atoms with Gasteiger partial charge in [0.25, 0.3) is 0 Å². The predicted octanol–water partition coefficient (Wildman–Crippen LogP) is 0.0742. The number of carbonyl (C=O) groups is 1. The Morgan fingerprint density at radius 3 is 2.55 bits per heavy atom. The van der Waals surface area contributed by atoms with Gasteiger partial charge in [0.2, 0.25) is 5.91 Å². The quantitative estimate of drug-likeness (QED) is 0.627. The molecule has 0 unspecified atom stereocenters. The second kappa shape index (κ2) is 3.72. The van der Waals surface area contributed by atoms with Crippen LogP contribution in [0.25, 0.3) is 0 Å². The number of nitrogens with one attached hydrogen (secondary N) is 1. The summed E-state index contributed by atoms with van der Waals surface area (Å²) >= 11 is 0. The minimum Gasteiger partial charge on any atom is -0.349 e. The maximum atomic E-state index is 11.1. The van der Waals surface area contributed by atoms with Crippen molar-refractivity contribution in [1.29, 1.82) is 0 Å². The SMILES string of the molecule is CN(C)C(=O)CCC1CNC1. The van der Waals surface area contributed by atoms with Crippen LogP contribution in [0.15, 0.2) is 0 Å². The molecule has 1 saturated heterocycles. The number of carbonyl (C=O) groups excluding carboxylic acids is 1. The van der Waals surface area contributed by atoms with Crippen LogP contribution in [0.2, 0.25) is 0 Å². The Hall–Kier alpha value is -0.570. The van der Waals surface area contributed by atoms with Gasteiger partial charge in [0.05, 0.1) is 0 Å². The molecule has 0 spiro atoms. The van der Waals surface area contributed by atoms with Gasteiger partial charge >= 0.3 is 0 Å². The second-order valence-electron chi connectivity index (χ2n) is 3.35. The fraction of sp³-hybridized carbons (Fsp3) is 0.875. The van der Waals surface area contributed by atoms with Crippen molar-refractivity contribution < 1.29 is 4.79 Å². The van der Waals surface area contributed by atoms with Gasteiger partial charge in [-0.05, 0) is 25.4 Å². The van der Waals surface area contributed by atoms with Crippen molar-refractivity contribution in [2.75, 3.05) is 27.2 Å². The van der Waals surface area contributed by atoms with Gasteiger partial charge in [0.1, 0.15) is 0 Å². The van der Waals surface area contributed by atoms with E-state index in [1.165, 1.54) is 0 Å². The summed E-state index contributed by atoms with van der Waals surface area (Å²) in [5.41, 5.74) is 0. The molecule has 1 aliphatic heterocycles. The van der Waals surface area contributed by atoms with Crippen molar-refractivity contribution in [1.82, 2.24) is 10.2 Å². The third kappa shape index (κ3) is 2.50. The van der Waals surface area contributed by atoms with E-state index in [1.807, 2.05) is 0 Å². The zero-order valence-corrected chi connectivity index (χ0v) is 7.26. The van der Waals surface area contributed by atoms with Gasteiger partial charge in [-0.25, -0.2) is 0 Å². The van der Waals surface area contributed by atoms with Crippen LogP contribution in [0.3, 0.4) is 0 Å². The summed E-state index contributed by atoms with van der Waals surface area (Å²) in [5, 5.41) is 3.19. The molecule has 1 aliphatic rings. The highest BCUT2D eigenvalue weighted by molar-refractivity contribution is 5.75. The first-order valence-corrected chi connectivity index (χ1v) is 4.11. The smallest absolute Gasteiger partial charge is 0.222 e. The summed E-state index contributed by atoms with van der Waals surface area (Å²) in [6.07, 6.45) is 1.75. The number of nitrogens with zero attached hydrogens (tertiary/aromatic N) is 1. The lowest BCUT2D eigenvalue weighted by Crippen LogP contribution is -2.42. The minimum absolute atomic E-state index is 0.247. The average molecular weight is 156 g/mol. The molecule has 3 nitrogen and oxygen atoms in total. The van der Waals surface area contributed by atoms with E-state index < -0.39 is 0 Å². The molecule has 1 heterocycles. The Bertz CT molecular complexity index is 141. The average Bonchev–Trinajstić information content (AvgIpc) is 1.83. The van der Waals surface area contributed by atoms with Crippen LogP contribution < -0.4 is 5.32 Å². The second-order valence-corrected chi connectivity index (χ2v) is 3.35. The number of hydrogen-bond acceptors (Lipinski definition) is 2. The van der Waals surface area contributed by atoms with Crippen molar-refractivity contribution in [3.63, 3.8) is 0 Å². The van der Waals surface area contributed by atoms with Crippen molar-refractivity contribution in [2.24, 2.45) is 5.92 Å². The van der Waals surface area contributed by atoms with E-state index in [-0.39, 0.29) is 5.91 Å². The van der Waals surface area contributed by atoms with Gasteiger partial charge in [0, 0.05) is 20.5 Å². The summed E-state index contributed by atoms with van der Waals surface area (Å²) in [7, 11) is 3.61. The summed E-state index contributed by atoms with van der Waals surface area (Å²) in [6, 6.07) is 0. The molecular formula is C8H16N2O. The van der Waals surface area contributed by atoms with Gasteiger partial charge in [-0.3, -0.25) is 4.79 Å². The highest BCUT2D eigenvalue weighted by Gasteiger charge is 2.17. The zero-order valence-electron chi connectivity index (χ0n) is 7.26. The molecule has 1 fully saturated rings. The summed E-state index contributed by atoms with van der Waals surface area (Å²) in [6.45, 7) is 2.20. The summed E-state index contributed by atoms with van der Waals surface area (Å²) in [5.74, 6) is 0.996. The van der Waals surface area contributed by atoms with Crippen LogP contribution in [-0.2, 0) is 4.79 Å². The maximum Gasteiger partial charge on any atom is 0.222 e. The van der Waals surface area contributed by atoms with Crippen molar-refractivity contribution in [3.05, 3.63) is 0 Å². The van der Waals surface area contributed by atoms with Crippen LogP contribution in [0.5, 0.6) is 0 Å². The fourth-order valence-electron chi connectivity index (χ4n) is 1.10. The molecule has 1 amide bonds. The van der Waals surface area contributed by atoms with Crippen molar-refractivity contribution in [3.8, 4) is 0 Å². The molecule has 0 bridgehead atoms. The van der Waals surface area contributed by atoms with E-state index in [0.29, 0.717) is 6.42 Å². The minimum atomic E-state index is 0.247. The number of rotatable bonds is 3. The van der Waals surface area contributed by atoms with Gasteiger partial charge in [-0.2, -0.15) is 0 Å². The first-order chi connectivity index (χ1) is 5.20. The lowest BCUT2D eigenvalue weighted by Gasteiger charge is -2.27. The molecule has 0 saturated carbocycles. The van der Waals surface area contributed by atoms with Crippen LogP contribution in [0.1, 0.15) is 12.8 Å². The van der Waals surface area contributed by atoms with E-state index in [1.54, 1.807) is 19.0 Å². The van der Waals surface area contributed by atoms with Crippen LogP contribution in [0.4, 0.5) is 0 Å². The Labute approximate surface area is 67.8 Å². The maximum absolute atomic E-state index is 11.1. The van der Waals surface area contributed by atoms with E-state index in [4.69, 9.17) is 0 Å². The zero-order chi connectivity index (χ0) is 8.27. The molecule has 0 radical (unpaired) electrons. The Balaban J connectivity index is 2.06. The molecule has 0 atom stereocenters. The Morgan fingerprint density at radius 1 is 1.55 bits per heavy atom. The molecule has 11 heavy (non-hydrogen) atoms. The van der Waals surface area contributed by atoms with Gasteiger partial charge in [0.15, 0.2) is 0 Å². The summed E-state index contributed by atoms with van der Waals surface area (Å²) in [4.78, 5) is 12.8.